The van der Waals surface area contributed by atoms with Crippen LogP contribution in [-0.4, -0.2) is 20.8 Å². The van der Waals surface area contributed by atoms with Gasteiger partial charge in [-0.05, 0) is 22.0 Å². The summed E-state index contributed by atoms with van der Waals surface area (Å²) in [5.74, 6) is 6.39. The molecule has 0 saturated heterocycles. The maximum absolute atomic E-state index is 5.29. The summed E-state index contributed by atoms with van der Waals surface area (Å²) in [5.41, 5.74) is 1.00. The zero-order valence-electron chi connectivity index (χ0n) is 8.75. The van der Waals surface area contributed by atoms with Crippen molar-refractivity contribution in [1.29, 1.82) is 0 Å². The Labute approximate surface area is 97.4 Å². The molecule has 0 aliphatic carbocycles. The summed E-state index contributed by atoms with van der Waals surface area (Å²) in [6.07, 6.45) is 0.684. The molecule has 0 unspecified atom stereocenters. The van der Waals surface area contributed by atoms with Gasteiger partial charge in [-0.1, -0.05) is 6.07 Å². The molecular formula is C10H14BrNO3. The van der Waals surface area contributed by atoms with E-state index in [-0.39, 0.29) is 0 Å². The van der Waals surface area contributed by atoms with Gasteiger partial charge in [0.2, 0.25) is 0 Å². The van der Waals surface area contributed by atoms with Gasteiger partial charge in [0.25, 0.3) is 0 Å². The lowest BCUT2D eigenvalue weighted by Gasteiger charge is -2.13. The lowest BCUT2D eigenvalue weighted by atomic mass is 10.1. The third-order valence-corrected chi connectivity index (χ3v) is 2.67. The first kappa shape index (κ1) is 12.3. The van der Waals surface area contributed by atoms with Gasteiger partial charge < -0.3 is 14.3 Å². The number of benzene rings is 1. The standard InChI is InChI=1S/C10H14BrNO3/c1-13-9-7(5-6-15-12)3-4-8(11)10(9)14-2/h3-4H,5-6,12H2,1-2H3. The molecule has 0 bridgehead atoms. The van der Waals surface area contributed by atoms with Gasteiger partial charge in [0.05, 0.1) is 25.3 Å². The molecule has 0 aromatic heterocycles. The Hall–Kier alpha value is -0.780. The quantitative estimate of drug-likeness (QED) is 0.834. The van der Waals surface area contributed by atoms with Crippen molar-refractivity contribution in [3.8, 4) is 11.5 Å². The van der Waals surface area contributed by atoms with Gasteiger partial charge in [0, 0.05) is 12.0 Å². The molecule has 0 amide bonds. The maximum atomic E-state index is 5.29. The average molecular weight is 276 g/mol. The van der Waals surface area contributed by atoms with Crippen molar-refractivity contribution in [2.75, 3.05) is 20.8 Å². The monoisotopic (exact) mass is 275 g/mol. The highest BCUT2D eigenvalue weighted by atomic mass is 79.9. The van der Waals surface area contributed by atoms with Crippen LogP contribution in [0.4, 0.5) is 0 Å². The molecule has 0 heterocycles. The zero-order chi connectivity index (χ0) is 11.3. The van der Waals surface area contributed by atoms with Crippen LogP contribution in [0.1, 0.15) is 5.56 Å². The van der Waals surface area contributed by atoms with E-state index in [1.165, 1.54) is 0 Å². The Bertz CT molecular complexity index is 331. The minimum absolute atomic E-state index is 0.446. The predicted octanol–water partition coefficient (Wildman–Crippen LogP) is 1.90. The second-order valence-electron chi connectivity index (χ2n) is 2.89. The molecule has 15 heavy (non-hydrogen) atoms. The molecule has 0 radical (unpaired) electrons. The van der Waals surface area contributed by atoms with Crippen LogP contribution in [-0.2, 0) is 11.3 Å². The number of ether oxygens (including phenoxy) is 2. The van der Waals surface area contributed by atoms with Crippen LogP contribution in [0, 0.1) is 0 Å². The third kappa shape index (κ3) is 2.84. The van der Waals surface area contributed by atoms with Crippen molar-refractivity contribution in [2.24, 2.45) is 5.90 Å². The van der Waals surface area contributed by atoms with Gasteiger partial charge in [-0.15, -0.1) is 0 Å². The summed E-state index contributed by atoms with van der Waals surface area (Å²) >= 11 is 3.39. The van der Waals surface area contributed by atoms with Crippen molar-refractivity contribution in [3.05, 3.63) is 22.2 Å². The molecule has 2 N–H and O–H groups in total. The summed E-state index contributed by atoms with van der Waals surface area (Å²) in [7, 11) is 3.21. The van der Waals surface area contributed by atoms with Gasteiger partial charge in [0.1, 0.15) is 0 Å². The first-order valence-electron chi connectivity index (χ1n) is 4.45. The minimum Gasteiger partial charge on any atom is -0.493 e. The Morgan fingerprint density at radius 2 is 1.87 bits per heavy atom. The molecule has 0 saturated carbocycles. The average Bonchev–Trinajstić information content (AvgIpc) is 2.26. The molecule has 0 spiro atoms. The fourth-order valence-electron chi connectivity index (χ4n) is 1.36. The van der Waals surface area contributed by atoms with Crippen molar-refractivity contribution in [1.82, 2.24) is 0 Å². The molecule has 0 atom stereocenters. The van der Waals surface area contributed by atoms with Crippen LogP contribution in [0.15, 0.2) is 16.6 Å². The Morgan fingerprint density at radius 3 is 2.40 bits per heavy atom. The van der Waals surface area contributed by atoms with Gasteiger partial charge in [-0.3, -0.25) is 0 Å². The van der Waals surface area contributed by atoms with E-state index < -0.39 is 0 Å². The molecule has 0 aliphatic rings. The highest BCUT2D eigenvalue weighted by Crippen LogP contribution is 2.38. The third-order valence-electron chi connectivity index (χ3n) is 2.04. The zero-order valence-corrected chi connectivity index (χ0v) is 10.3. The highest BCUT2D eigenvalue weighted by molar-refractivity contribution is 9.10. The Balaban J connectivity index is 3.05. The van der Waals surface area contributed by atoms with E-state index in [2.05, 4.69) is 20.8 Å². The fraction of sp³-hybridized carbons (Fsp3) is 0.400. The van der Waals surface area contributed by atoms with Crippen LogP contribution in [0.5, 0.6) is 11.5 Å². The number of hydrogen-bond acceptors (Lipinski definition) is 4. The van der Waals surface area contributed by atoms with Gasteiger partial charge >= 0.3 is 0 Å². The number of hydrogen-bond donors (Lipinski definition) is 1. The van der Waals surface area contributed by atoms with Crippen LogP contribution in [0.25, 0.3) is 0 Å². The number of methoxy groups -OCH3 is 2. The second-order valence-corrected chi connectivity index (χ2v) is 3.75. The molecular weight excluding hydrogens is 262 g/mol. The SMILES string of the molecule is COc1c(Br)ccc(CCON)c1OC. The largest absolute Gasteiger partial charge is 0.493 e. The van der Waals surface area contributed by atoms with Crippen LogP contribution in [0.3, 0.4) is 0 Å². The summed E-state index contributed by atoms with van der Waals surface area (Å²) in [6.45, 7) is 0.446. The Kier molecular flexibility index (Phi) is 4.87. The Morgan fingerprint density at radius 1 is 1.20 bits per heavy atom. The summed E-state index contributed by atoms with van der Waals surface area (Å²) in [5, 5.41) is 0. The number of rotatable bonds is 5. The smallest absolute Gasteiger partial charge is 0.175 e. The van der Waals surface area contributed by atoms with E-state index >= 15 is 0 Å². The molecule has 0 aliphatic heterocycles. The lowest BCUT2D eigenvalue weighted by Crippen LogP contribution is -2.05. The van der Waals surface area contributed by atoms with Gasteiger partial charge in [-0.2, -0.15) is 0 Å². The van der Waals surface area contributed by atoms with Gasteiger partial charge in [-0.25, -0.2) is 5.90 Å². The molecule has 1 aromatic rings. The topological polar surface area (TPSA) is 53.7 Å². The van der Waals surface area contributed by atoms with Crippen molar-refractivity contribution >= 4 is 15.9 Å². The van der Waals surface area contributed by atoms with E-state index in [0.29, 0.717) is 24.5 Å². The molecule has 0 fully saturated rings. The van der Waals surface area contributed by atoms with Crippen molar-refractivity contribution in [3.63, 3.8) is 0 Å². The molecule has 1 aromatic carbocycles. The summed E-state index contributed by atoms with van der Waals surface area (Å²) in [6, 6.07) is 3.86. The number of nitrogens with two attached hydrogens (primary N) is 1. The van der Waals surface area contributed by atoms with Crippen LogP contribution >= 0.6 is 15.9 Å². The molecule has 5 heteroatoms. The molecule has 84 valence electrons. The van der Waals surface area contributed by atoms with Crippen molar-refractivity contribution < 1.29 is 14.3 Å². The first-order chi connectivity index (χ1) is 7.24. The minimum atomic E-state index is 0.446. The highest BCUT2D eigenvalue weighted by Gasteiger charge is 2.12. The second kappa shape index (κ2) is 5.95. The van der Waals surface area contributed by atoms with Crippen molar-refractivity contribution in [2.45, 2.75) is 6.42 Å². The lowest BCUT2D eigenvalue weighted by molar-refractivity contribution is 0.140. The molecule has 4 nitrogen and oxygen atoms in total. The fourth-order valence-corrected chi connectivity index (χ4v) is 1.83. The van der Waals surface area contributed by atoms with Crippen LogP contribution in [0.2, 0.25) is 0 Å². The first-order valence-corrected chi connectivity index (χ1v) is 5.25. The molecule has 1 rings (SSSR count). The van der Waals surface area contributed by atoms with Crippen LogP contribution < -0.4 is 15.4 Å². The number of halogens is 1. The summed E-state index contributed by atoms with van der Waals surface area (Å²) in [4.78, 5) is 4.54. The van der Waals surface area contributed by atoms with Gasteiger partial charge in [0.15, 0.2) is 11.5 Å². The van der Waals surface area contributed by atoms with E-state index in [0.717, 1.165) is 10.0 Å². The normalized spacial score (nSPS) is 10.1. The van der Waals surface area contributed by atoms with E-state index in [9.17, 15) is 0 Å². The summed E-state index contributed by atoms with van der Waals surface area (Å²) < 4.78 is 11.4. The van der Waals surface area contributed by atoms with E-state index in [1.54, 1.807) is 14.2 Å². The predicted molar refractivity (Wildman–Crippen MR) is 61.1 cm³/mol. The maximum Gasteiger partial charge on any atom is 0.175 e. The van der Waals surface area contributed by atoms with E-state index in [1.807, 2.05) is 12.1 Å². The van der Waals surface area contributed by atoms with E-state index in [4.69, 9.17) is 15.4 Å².